The number of amides is 2. The highest BCUT2D eigenvalue weighted by Gasteiger charge is 2.61. The van der Waals surface area contributed by atoms with Gasteiger partial charge >= 0.3 is 5.97 Å². The van der Waals surface area contributed by atoms with Crippen LogP contribution in [0.5, 0.6) is 0 Å². The van der Waals surface area contributed by atoms with Gasteiger partial charge in [0.15, 0.2) is 0 Å². The van der Waals surface area contributed by atoms with E-state index in [9.17, 15) is 19.5 Å². The van der Waals surface area contributed by atoms with Crippen molar-refractivity contribution in [2.24, 2.45) is 16.9 Å². The van der Waals surface area contributed by atoms with Gasteiger partial charge in [-0.2, -0.15) is 10.1 Å². The number of hydrogen-bond donors (Lipinski definition) is 1. The molecule has 0 spiro atoms. The van der Waals surface area contributed by atoms with E-state index in [4.69, 9.17) is 4.42 Å². The molecule has 7 heteroatoms. The molecule has 0 radical (unpaired) electrons. The van der Waals surface area contributed by atoms with Crippen LogP contribution < -0.4 is 0 Å². The van der Waals surface area contributed by atoms with Crippen LogP contribution in [-0.4, -0.2) is 34.1 Å². The number of carboxylic acid groups (broad SMARTS) is 1. The molecule has 2 bridgehead atoms. The third-order valence-corrected chi connectivity index (χ3v) is 7.78. The summed E-state index contributed by atoms with van der Waals surface area (Å²) in [6.07, 6.45) is 1.34. The average Bonchev–Trinajstić information content (AvgIpc) is 3.50. The summed E-state index contributed by atoms with van der Waals surface area (Å²) in [5, 5.41) is 14.7. The summed E-state index contributed by atoms with van der Waals surface area (Å²) in [6.45, 7) is 0. The molecule has 0 saturated carbocycles. The van der Waals surface area contributed by atoms with Crippen molar-refractivity contribution in [2.45, 2.75) is 11.8 Å². The van der Waals surface area contributed by atoms with Gasteiger partial charge in [0.25, 0.3) is 11.8 Å². The van der Waals surface area contributed by atoms with Gasteiger partial charge in [-0.05, 0) is 40.5 Å². The van der Waals surface area contributed by atoms with E-state index >= 15 is 0 Å². The third kappa shape index (κ3) is 3.00. The van der Waals surface area contributed by atoms with Gasteiger partial charge in [-0.25, -0.2) is 4.79 Å². The van der Waals surface area contributed by atoms with Gasteiger partial charge < -0.3 is 9.52 Å². The summed E-state index contributed by atoms with van der Waals surface area (Å²) in [6, 6.07) is 25.9. The monoisotopic (exact) mass is 488 g/mol. The number of carbonyl (C=O) groups is 3. The molecule has 2 unspecified atom stereocenters. The number of rotatable bonds is 4. The fourth-order valence-electron chi connectivity index (χ4n) is 6.34. The minimum absolute atomic E-state index is 0.115. The zero-order valence-corrected chi connectivity index (χ0v) is 19.4. The van der Waals surface area contributed by atoms with Crippen molar-refractivity contribution >= 4 is 24.0 Å². The van der Waals surface area contributed by atoms with Crippen LogP contribution >= 0.6 is 0 Å². The fourth-order valence-corrected chi connectivity index (χ4v) is 6.34. The first-order valence-corrected chi connectivity index (χ1v) is 12.1. The first-order chi connectivity index (χ1) is 18.0. The van der Waals surface area contributed by atoms with Crippen LogP contribution in [0.1, 0.15) is 50.2 Å². The van der Waals surface area contributed by atoms with E-state index in [1.807, 2.05) is 24.3 Å². The highest BCUT2D eigenvalue weighted by Crippen LogP contribution is 2.60. The molecule has 8 rings (SSSR count). The van der Waals surface area contributed by atoms with Crippen LogP contribution in [0.25, 0.3) is 11.3 Å². The van der Waals surface area contributed by atoms with Gasteiger partial charge in [-0.1, -0.05) is 66.7 Å². The number of hydrazone groups is 1. The summed E-state index contributed by atoms with van der Waals surface area (Å²) < 4.78 is 5.80. The number of furan rings is 1. The Morgan fingerprint density at radius 2 is 1.27 bits per heavy atom. The zero-order valence-electron chi connectivity index (χ0n) is 19.4. The van der Waals surface area contributed by atoms with Crippen LogP contribution in [0.4, 0.5) is 0 Å². The average molecular weight is 488 g/mol. The van der Waals surface area contributed by atoms with E-state index in [-0.39, 0.29) is 29.2 Å². The van der Waals surface area contributed by atoms with Crippen molar-refractivity contribution in [2.75, 3.05) is 0 Å². The van der Waals surface area contributed by atoms with Gasteiger partial charge in [-0.3, -0.25) is 9.59 Å². The topological polar surface area (TPSA) is 100 Å². The first-order valence-electron chi connectivity index (χ1n) is 12.1. The summed E-state index contributed by atoms with van der Waals surface area (Å²) in [5.41, 5.74) is 4.96. The lowest BCUT2D eigenvalue weighted by atomic mass is 9.55. The summed E-state index contributed by atoms with van der Waals surface area (Å²) in [7, 11) is 0. The molecular formula is C30H20N2O5. The lowest BCUT2D eigenvalue weighted by Crippen LogP contribution is -2.41. The SMILES string of the molecule is O=C(O)c1ccccc1-c1ccc(/C=N/N2C(=O)C3C4c5ccccc5C(c5ccccc54)C3C2=O)o1. The van der Waals surface area contributed by atoms with Crippen molar-refractivity contribution in [1.29, 1.82) is 0 Å². The maximum absolute atomic E-state index is 13.6. The Balaban J connectivity index is 1.23. The predicted molar refractivity (Wildman–Crippen MR) is 134 cm³/mol. The van der Waals surface area contributed by atoms with Crippen molar-refractivity contribution in [3.63, 3.8) is 0 Å². The predicted octanol–water partition coefficient (Wildman–Crippen LogP) is 4.87. The molecule has 1 fully saturated rings. The van der Waals surface area contributed by atoms with Crippen LogP contribution in [0.3, 0.4) is 0 Å². The van der Waals surface area contributed by atoms with Crippen LogP contribution in [0.15, 0.2) is 94.4 Å². The number of benzene rings is 3. The second-order valence-corrected chi connectivity index (χ2v) is 9.55. The van der Waals surface area contributed by atoms with Crippen LogP contribution in [0.2, 0.25) is 0 Å². The number of nitrogens with zero attached hydrogens (tertiary/aromatic N) is 2. The number of aromatic carboxylic acids is 1. The van der Waals surface area contributed by atoms with Crippen molar-refractivity contribution in [3.8, 4) is 11.3 Å². The highest BCUT2D eigenvalue weighted by molar-refractivity contribution is 6.08. The smallest absolute Gasteiger partial charge is 0.336 e. The standard InChI is InChI=1S/C30H20N2O5/c33-28-26-24-18-8-2-3-9-19(18)25(21-11-5-4-10-20(21)24)27(26)29(34)32(28)31-15-16-13-14-23(37-16)17-7-1-6-12-22(17)30(35)36/h1-15,24-27H,(H,35,36)/b31-15+. The number of carboxylic acids is 1. The van der Waals surface area contributed by atoms with E-state index in [0.29, 0.717) is 17.1 Å². The Hall–Kier alpha value is -4.78. The third-order valence-electron chi connectivity index (χ3n) is 7.78. The van der Waals surface area contributed by atoms with Crippen molar-refractivity contribution in [1.82, 2.24) is 5.01 Å². The summed E-state index contributed by atoms with van der Waals surface area (Å²) >= 11 is 0. The minimum Gasteiger partial charge on any atom is -0.478 e. The molecule has 2 heterocycles. The molecule has 1 saturated heterocycles. The number of hydrogen-bond acceptors (Lipinski definition) is 5. The molecule has 3 aliphatic carbocycles. The Bertz CT molecular complexity index is 1540. The van der Waals surface area contributed by atoms with Crippen molar-refractivity contribution in [3.05, 3.63) is 119 Å². The van der Waals surface area contributed by atoms with Crippen LogP contribution in [-0.2, 0) is 9.59 Å². The quantitative estimate of drug-likeness (QED) is 0.326. The van der Waals surface area contributed by atoms with Gasteiger partial charge in [0, 0.05) is 17.4 Å². The fraction of sp³-hybridized carbons (Fsp3) is 0.133. The summed E-state index contributed by atoms with van der Waals surface area (Å²) in [4.78, 5) is 38.8. The normalized spacial score (nSPS) is 23.3. The maximum Gasteiger partial charge on any atom is 0.336 e. The molecular weight excluding hydrogens is 468 g/mol. The Morgan fingerprint density at radius 1 is 0.757 bits per heavy atom. The molecule has 4 aliphatic rings. The first kappa shape index (κ1) is 21.5. The van der Waals surface area contributed by atoms with Gasteiger partial charge in [-0.15, -0.1) is 0 Å². The molecule has 1 aromatic heterocycles. The van der Waals surface area contributed by atoms with E-state index in [2.05, 4.69) is 29.4 Å². The molecule has 1 N–H and O–H groups in total. The largest absolute Gasteiger partial charge is 0.478 e. The van der Waals surface area contributed by atoms with Gasteiger partial charge in [0.05, 0.1) is 23.6 Å². The maximum atomic E-state index is 13.6. The summed E-state index contributed by atoms with van der Waals surface area (Å²) in [5.74, 6) is -2.42. The zero-order chi connectivity index (χ0) is 25.3. The van der Waals surface area contributed by atoms with E-state index < -0.39 is 17.8 Å². The molecule has 2 atom stereocenters. The van der Waals surface area contributed by atoms with Crippen LogP contribution in [0, 0.1) is 11.8 Å². The second kappa shape index (κ2) is 7.86. The van der Waals surface area contributed by atoms with Gasteiger partial charge in [0.2, 0.25) is 0 Å². The van der Waals surface area contributed by atoms with Gasteiger partial charge in [0.1, 0.15) is 11.5 Å². The molecule has 1 aliphatic heterocycles. The van der Waals surface area contributed by atoms with E-state index in [1.54, 1.807) is 30.3 Å². The lowest BCUT2D eigenvalue weighted by Gasteiger charge is -2.45. The number of imide groups is 1. The second-order valence-electron chi connectivity index (χ2n) is 9.55. The lowest BCUT2D eigenvalue weighted by molar-refractivity contribution is -0.139. The Labute approximate surface area is 211 Å². The van der Waals surface area contributed by atoms with E-state index in [1.165, 1.54) is 12.3 Å². The number of carbonyl (C=O) groups excluding carboxylic acids is 2. The molecule has 37 heavy (non-hydrogen) atoms. The molecule has 4 aromatic rings. The van der Waals surface area contributed by atoms with Crippen molar-refractivity contribution < 1.29 is 23.9 Å². The molecule has 7 nitrogen and oxygen atoms in total. The van der Waals surface area contributed by atoms with E-state index in [0.717, 1.165) is 27.3 Å². The Kier molecular flexibility index (Phi) is 4.57. The Morgan fingerprint density at radius 3 is 1.81 bits per heavy atom. The minimum atomic E-state index is -1.06. The molecule has 2 amide bonds. The highest BCUT2D eigenvalue weighted by atomic mass is 16.4. The molecule has 3 aromatic carbocycles. The molecule has 180 valence electrons.